The Bertz CT molecular complexity index is 552. The van der Waals surface area contributed by atoms with Crippen molar-refractivity contribution in [1.29, 1.82) is 0 Å². The largest absolute Gasteiger partial charge is 0.499 e. The predicted molar refractivity (Wildman–Crippen MR) is 76.3 cm³/mol. The van der Waals surface area contributed by atoms with E-state index in [-0.39, 0.29) is 12.2 Å². The summed E-state index contributed by atoms with van der Waals surface area (Å²) in [6.45, 7) is 7.79. The summed E-state index contributed by atoms with van der Waals surface area (Å²) < 4.78 is 42.9. The Balaban J connectivity index is 2.25. The fourth-order valence-corrected chi connectivity index (χ4v) is 5.31. The van der Waals surface area contributed by atoms with Crippen LogP contribution in [0.1, 0.15) is 33.1 Å². The monoisotopic (exact) mass is 318 g/mol. The van der Waals surface area contributed by atoms with Gasteiger partial charge in [-0.1, -0.05) is 20.4 Å². The number of rotatable bonds is 7. The SMILES string of the molecule is C=COCCOC12CCC(CS(=O)(=O)O)(C(=O)C1)C2(C)C. The van der Waals surface area contributed by atoms with E-state index >= 15 is 0 Å². The molecule has 120 valence electrons. The summed E-state index contributed by atoms with van der Waals surface area (Å²) in [7, 11) is -4.23. The first kappa shape index (κ1) is 16.5. The fourth-order valence-electron chi connectivity index (χ4n) is 4.02. The average molecular weight is 318 g/mol. The molecule has 0 aromatic carbocycles. The predicted octanol–water partition coefficient (Wildman–Crippen LogP) is 1.57. The molecule has 0 spiro atoms. The molecule has 0 amide bonds. The lowest BCUT2D eigenvalue weighted by Crippen LogP contribution is -2.46. The van der Waals surface area contributed by atoms with Crippen LogP contribution in [0.2, 0.25) is 0 Å². The van der Waals surface area contributed by atoms with Gasteiger partial charge in [-0.15, -0.1) is 0 Å². The zero-order chi connectivity index (χ0) is 15.9. The highest BCUT2D eigenvalue weighted by molar-refractivity contribution is 7.85. The van der Waals surface area contributed by atoms with Crippen molar-refractivity contribution in [1.82, 2.24) is 0 Å². The van der Waals surface area contributed by atoms with Crippen molar-refractivity contribution in [3.63, 3.8) is 0 Å². The van der Waals surface area contributed by atoms with Crippen molar-refractivity contribution in [2.45, 2.75) is 38.7 Å². The number of ketones is 1. The second-order valence-electron chi connectivity index (χ2n) is 6.41. The third-order valence-corrected chi connectivity index (χ3v) is 6.25. The van der Waals surface area contributed by atoms with E-state index < -0.39 is 32.3 Å². The molecule has 6 nitrogen and oxygen atoms in total. The van der Waals surface area contributed by atoms with Gasteiger partial charge in [0, 0.05) is 11.8 Å². The number of fused-ring (bicyclic) bond motifs is 2. The summed E-state index contributed by atoms with van der Waals surface area (Å²) in [4.78, 5) is 12.4. The number of hydrogen-bond acceptors (Lipinski definition) is 5. The van der Waals surface area contributed by atoms with E-state index in [9.17, 15) is 17.8 Å². The van der Waals surface area contributed by atoms with Crippen molar-refractivity contribution >= 4 is 15.9 Å². The second kappa shape index (κ2) is 5.07. The maximum Gasteiger partial charge on any atom is 0.265 e. The van der Waals surface area contributed by atoms with Gasteiger partial charge in [0.15, 0.2) is 0 Å². The third kappa shape index (κ3) is 2.41. The molecular formula is C14H22O6S. The molecule has 0 aromatic heterocycles. The Morgan fingerprint density at radius 2 is 2.00 bits per heavy atom. The van der Waals surface area contributed by atoms with E-state index in [1.165, 1.54) is 6.26 Å². The first-order valence-corrected chi connectivity index (χ1v) is 8.56. The number of carbonyl (C=O) groups excluding carboxylic acids is 1. The minimum Gasteiger partial charge on any atom is -0.499 e. The molecule has 0 saturated heterocycles. The van der Waals surface area contributed by atoms with Gasteiger partial charge in [-0.05, 0) is 12.8 Å². The molecule has 0 radical (unpaired) electrons. The number of Topliss-reactive ketones (excluding diaryl/α,β-unsaturated/α-hetero) is 1. The molecule has 2 aliphatic carbocycles. The van der Waals surface area contributed by atoms with Crippen molar-refractivity contribution in [3.05, 3.63) is 12.8 Å². The van der Waals surface area contributed by atoms with E-state index in [2.05, 4.69) is 6.58 Å². The normalized spacial score (nSPS) is 34.1. The van der Waals surface area contributed by atoms with Gasteiger partial charge in [0.1, 0.15) is 12.4 Å². The molecule has 2 fully saturated rings. The molecule has 21 heavy (non-hydrogen) atoms. The molecule has 2 aliphatic rings. The topological polar surface area (TPSA) is 89.9 Å². The Morgan fingerprint density at radius 3 is 2.52 bits per heavy atom. The average Bonchev–Trinajstić information content (AvgIpc) is 2.63. The third-order valence-electron chi connectivity index (χ3n) is 5.40. The van der Waals surface area contributed by atoms with E-state index in [1.54, 1.807) is 0 Å². The molecule has 2 rings (SSSR count). The molecular weight excluding hydrogens is 296 g/mol. The Labute approximate surface area is 125 Å². The molecule has 0 aromatic rings. The highest BCUT2D eigenvalue weighted by Gasteiger charge is 2.73. The minimum absolute atomic E-state index is 0.138. The Morgan fingerprint density at radius 1 is 1.33 bits per heavy atom. The van der Waals surface area contributed by atoms with Gasteiger partial charge < -0.3 is 9.47 Å². The lowest BCUT2D eigenvalue weighted by atomic mass is 9.69. The van der Waals surface area contributed by atoms with Crippen LogP contribution in [0.15, 0.2) is 12.8 Å². The summed E-state index contributed by atoms with van der Waals surface area (Å²) in [6, 6.07) is 0. The Kier molecular flexibility index (Phi) is 3.97. The first-order valence-electron chi connectivity index (χ1n) is 6.95. The first-order chi connectivity index (χ1) is 9.60. The molecule has 2 unspecified atom stereocenters. The molecule has 2 saturated carbocycles. The van der Waals surface area contributed by atoms with Crippen LogP contribution in [0.25, 0.3) is 0 Å². The maximum absolute atomic E-state index is 12.4. The highest BCUT2D eigenvalue weighted by atomic mass is 32.2. The van der Waals surface area contributed by atoms with Gasteiger partial charge in [-0.2, -0.15) is 8.42 Å². The van der Waals surface area contributed by atoms with Gasteiger partial charge in [0.05, 0.1) is 29.6 Å². The number of ether oxygens (including phenoxy) is 2. The van der Waals surface area contributed by atoms with Crippen molar-refractivity contribution in [2.75, 3.05) is 19.0 Å². The molecule has 2 bridgehead atoms. The summed E-state index contributed by atoms with van der Waals surface area (Å²) >= 11 is 0. The van der Waals surface area contributed by atoms with Crippen LogP contribution < -0.4 is 0 Å². The lowest BCUT2D eigenvalue weighted by molar-refractivity contribution is -0.129. The maximum atomic E-state index is 12.4. The van der Waals surface area contributed by atoms with Crippen LogP contribution in [0.3, 0.4) is 0 Å². The lowest BCUT2D eigenvalue weighted by Gasteiger charge is -2.40. The van der Waals surface area contributed by atoms with Crippen LogP contribution in [0, 0.1) is 10.8 Å². The van der Waals surface area contributed by atoms with Crippen molar-refractivity contribution < 1.29 is 27.2 Å². The summed E-state index contributed by atoms with van der Waals surface area (Å²) in [6.07, 6.45) is 2.53. The number of hydrogen-bond donors (Lipinski definition) is 1. The van der Waals surface area contributed by atoms with E-state index in [0.29, 0.717) is 26.1 Å². The van der Waals surface area contributed by atoms with Crippen molar-refractivity contribution in [3.8, 4) is 0 Å². The quantitative estimate of drug-likeness (QED) is 0.435. The van der Waals surface area contributed by atoms with Gasteiger partial charge >= 0.3 is 0 Å². The number of carbonyl (C=O) groups is 1. The Hall–Kier alpha value is -0.920. The van der Waals surface area contributed by atoms with Gasteiger partial charge in [0.25, 0.3) is 10.1 Å². The zero-order valence-electron chi connectivity index (χ0n) is 12.4. The van der Waals surface area contributed by atoms with Crippen LogP contribution in [0.4, 0.5) is 0 Å². The minimum atomic E-state index is -4.23. The van der Waals surface area contributed by atoms with Gasteiger partial charge in [-0.3, -0.25) is 9.35 Å². The van der Waals surface area contributed by atoms with Crippen molar-refractivity contribution in [2.24, 2.45) is 10.8 Å². The molecule has 7 heteroatoms. The zero-order valence-corrected chi connectivity index (χ0v) is 13.2. The van der Waals surface area contributed by atoms with Gasteiger partial charge in [-0.25, -0.2) is 0 Å². The van der Waals surface area contributed by atoms with E-state index in [1.807, 2.05) is 13.8 Å². The highest BCUT2D eigenvalue weighted by Crippen LogP contribution is 2.67. The molecule has 1 N–H and O–H groups in total. The van der Waals surface area contributed by atoms with Gasteiger partial charge in [0.2, 0.25) is 0 Å². The van der Waals surface area contributed by atoms with Crippen LogP contribution in [0.5, 0.6) is 0 Å². The smallest absolute Gasteiger partial charge is 0.265 e. The standard InChI is InChI=1S/C14H22O6S/c1-4-19-7-8-20-14-6-5-13(11(15)9-14,12(14,2)3)10-21(16,17)18/h4H,1,5-10H2,2-3H3,(H,16,17,18). The molecule has 0 heterocycles. The van der Waals surface area contributed by atoms with Crippen LogP contribution in [-0.2, 0) is 24.4 Å². The second-order valence-corrected chi connectivity index (χ2v) is 7.87. The van der Waals surface area contributed by atoms with E-state index in [4.69, 9.17) is 9.47 Å². The summed E-state index contributed by atoms with van der Waals surface area (Å²) in [5, 5.41) is 0. The molecule has 0 aliphatic heterocycles. The van der Waals surface area contributed by atoms with Crippen LogP contribution >= 0.6 is 0 Å². The van der Waals surface area contributed by atoms with Crippen LogP contribution in [-0.4, -0.2) is 43.3 Å². The summed E-state index contributed by atoms with van der Waals surface area (Å²) in [5.74, 6) is -0.666. The summed E-state index contributed by atoms with van der Waals surface area (Å²) in [5.41, 5.74) is -2.39. The molecule has 2 atom stereocenters. The fraction of sp³-hybridized carbons (Fsp3) is 0.786. The van der Waals surface area contributed by atoms with E-state index in [0.717, 1.165) is 0 Å².